The molecule has 1 aromatic rings. The van der Waals surface area contributed by atoms with Crippen LogP contribution in [0.3, 0.4) is 0 Å². The standard InChI is InChI=1S/C16H23NO2/c1-3-13-6-5-10-17(11-9-13)16(19)14-7-4-8-15(18)12(14)2/h4,7-8,13,18H,3,5-6,9-11H2,1-2H3. The third kappa shape index (κ3) is 3.09. The van der Waals surface area contributed by atoms with Gasteiger partial charge in [0.25, 0.3) is 5.91 Å². The zero-order chi connectivity index (χ0) is 13.8. The molecule has 19 heavy (non-hydrogen) atoms. The van der Waals surface area contributed by atoms with Crippen molar-refractivity contribution in [2.45, 2.75) is 39.5 Å². The zero-order valence-corrected chi connectivity index (χ0v) is 11.9. The highest BCUT2D eigenvalue weighted by Crippen LogP contribution is 2.24. The maximum Gasteiger partial charge on any atom is 0.254 e. The van der Waals surface area contributed by atoms with Crippen molar-refractivity contribution < 1.29 is 9.90 Å². The third-order valence-electron chi connectivity index (χ3n) is 4.25. The molecule has 1 amide bonds. The molecule has 0 aliphatic carbocycles. The first-order chi connectivity index (χ1) is 9.13. The minimum absolute atomic E-state index is 0.0603. The first kappa shape index (κ1) is 13.9. The monoisotopic (exact) mass is 261 g/mol. The van der Waals surface area contributed by atoms with Crippen molar-refractivity contribution in [3.63, 3.8) is 0 Å². The topological polar surface area (TPSA) is 40.5 Å². The average molecular weight is 261 g/mol. The Kier molecular flexibility index (Phi) is 4.46. The normalized spacial score (nSPS) is 20.1. The number of hydrogen-bond donors (Lipinski definition) is 1. The van der Waals surface area contributed by atoms with Gasteiger partial charge in [-0.3, -0.25) is 4.79 Å². The molecule has 3 heteroatoms. The summed E-state index contributed by atoms with van der Waals surface area (Å²) in [6.45, 7) is 5.70. The maximum atomic E-state index is 12.5. The number of aromatic hydroxyl groups is 1. The Balaban J connectivity index is 2.13. The molecule has 1 aromatic carbocycles. The van der Waals surface area contributed by atoms with Crippen LogP contribution in [0.5, 0.6) is 5.75 Å². The number of carbonyl (C=O) groups is 1. The van der Waals surface area contributed by atoms with Crippen molar-refractivity contribution in [3.05, 3.63) is 29.3 Å². The molecule has 1 fully saturated rings. The second-order valence-corrected chi connectivity index (χ2v) is 5.45. The molecule has 0 saturated carbocycles. The lowest BCUT2D eigenvalue weighted by Gasteiger charge is -2.21. The van der Waals surface area contributed by atoms with Crippen molar-refractivity contribution in [3.8, 4) is 5.75 Å². The Morgan fingerprint density at radius 2 is 2.16 bits per heavy atom. The first-order valence-electron chi connectivity index (χ1n) is 7.21. The fourth-order valence-corrected chi connectivity index (χ4v) is 2.80. The molecular weight excluding hydrogens is 238 g/mol. The van der Waals surface area contributed by atoms with Crippen molar-refractivity contribution in [2.75, 3.05) is 13.1 Å². The van der Waals surface area contributed by atoms with E-state index in [4.69, 9.17) is 0 Å². The smallest absolute Gasteiger partial charge is 0.254 e. The molecule has 104 valence electrons. The lowest BCUT2D eigenvalue weighted by atomic mass is 9.98. The van der Waals surface area contributed by atoms with E-state index in [1.807, 2.05) is 4.90 Å². The van der Waals surface area contributed by atoms with Crippen molar-refractivity contribution in [1.29, 1.82) is 0 Å². The fraction of sp³-hybridized carbons (Fsp3) is 0.562. The lowest BCUT2D eigenvalue weighted by Crippen LogP contribution is -2.32. The summed E-state index contributed by atoms with van der Waals surface area (Å²) in [7, 11) is 0. The van der Waals surface area contributed by atoms with E-state index in [0.29, 0.717) is 11.1 Å². The summed E-state index contributed by atoms with van der Waals surface area (Å²) < 4.78 is 0. The molecule has 2 rings (SSSR count). The summed E-state index contributed by atoms with van der Waals surface area (Å²) in [5.74, 6) is 1.01. The molecule has 1 aliphatic rings. The molecule has 1 saturated heterocycles. The number of phenolic OH excluding ortho intramolecular Hbond substituents is 1. The van der Waals surface area contributed by atoms with Gasteiger partial charge >= 0.3 is 0 Å². The molecule has 0 spiro atoms. The second-order valence-electron chi connectivity index (χ2n) is 5.45. The fourth-order valence-electron chi connectivity index (χ4n) is 2.80. The van der Waals surface area contributed by atoms with Crippen LogP contribution in [0.2, 0.25) is 0 Å². The van der Waals surface area contributed by atoms with Crippen molar-refractivity contribution in [1.82, 2.24) is 4.90 Å². The number of phenols is 1. The Morgan fingerprint density at radius 1 is 1.37 bits per heavy atom. The highest BCUT2D eigenvalue weighted by Gasteiger charge is 2.22. The van der Waals surface area contributed by atoms with Crippen molar-refractivity contribution in [2.24, 2.45) is 5.92 Å². The van der Waals surface area contributed by atoms with Crippen LogP contribution < -0.4 is 0 Å². The van der Waals surface area contributed by atoms with Gasteiger partial charge in [0.15, 0.2) is 0 Å². The first-order valence-corrected chi connectivity index (χ1v) is 7.21. The van der Waals surface area contributed by atoms with E-state index in [2.05, 4.69) is 6.92 Å². The van der Waals surface area contributed by atoms with Gasteiger partial charge in [-0.1, -0.05) is 19.4 Å². The van der Waals surface area contributed by atoms with Crippen LogP contribution in [0.15, 0.2) is 18.2 Å². The van der Waals surface area contributed by atoms with Crippen molar-refractivity contribution >= 4 is 5.91 Å². The molecule has 1 N–H and O–H groups in total. The number of nitrogens with zero attached hydrogens (tertiary/aromatic N) is 1. The third-order valence-corrected chi connectivity index (χ3v) is 4.25. The summed E-state index contributed by atoms with van der Waals surface area (Å²) in [6, 6.07) is 5.17. The highest BCUT2D eigenvalue weighted by atomic mass is 16.3. The number of rotatable bonds is 2. The van der Waals surface area contributed by atoms with E-state index >= 15 is 0 Å². The van der Waals surface area contributed by atoms with E-state index < -0.39 is 0 Å². The minimum atomic E-state index is 0.0603. The predicted molar refractivity (Wildman–Crippen MR) is 76.4 cm³/mol. The predicted octanol–water partition coefficient (Wildman–Crippen LogP) is 3.35. The molecule has 1 unspecified atom stereocenters. The highest BCUT2D eigenvalue weighted by molar-refractivity contribution is 5.96. The van der Waals surface area contributed by atoms with E-state index in [1.165, 1.54) is 12.8 Å². The van der Waals surface area contributed by atoms with Crippen LogP contribution in [0.1, 0.15) is 48.5 Å². The van der Waals surface area contributed by atoms with E-state index in [0.717, 1.165) is 31.8 Å². The molecule has 1 atom stereocenters. The maximum absolute atomic E-state index is 12.5. The van der Waals surface area contributed by atoms with Gasteiger partial charge in [-0.25, -0.2) is 0 Å². The van der Waals surface area contributed by atoms with Gasteiger partial charge in [0.1, 0.15) is 5.75 Å². The largest absolute Gasteiger partial charge is 0.508 e. The average Bonchev–Trinajstić information content (AvgIpc) is 2.66. The van der Waals surface area contributed by atoms with Gasteiger partial charge in [-0.15, -0.1) is 0 Å². The van der Waals surface area contributed by atoms with Crippen LogP contribution in [-0.4, -0.2) is 29.0 Å². The van der Waals surface area contributed by atoms with Gasteiger partial charge in [0, 0.05) is 24.2 Å². The summed E-state index contributed by atoms with van der Waals surface area (Å²) in [5, 5.41) is 9.71. The van der Waals surface area contributed by atoms with Crippen LogP contribution >= 0.6 is 0 Å². The number of hydrogen-bond acceptors (Lipinski definition) is 2. The number of benzene rings is 1. The minimum Gasteiger partial charge on any atom is -0.508 e. The molecule has 0 bridgehead atoms. The molecule has 0 radical (unpaired) electrons. The molecule has 3 nitrogen and oxygen atoms in total. The van der Waals surface area contributed by atoms with Gasteiger partial charge in [0.2, 0.25) is 0 Å². The van der Waals surface area contributed by atoms with Crippen LogP contribution in [0, 0.1) is 12.8 Å². The van der Waals surface area contributed by atoms with E-state index in [1.54, 1.807) is 25.1 Å². The van der Waals surface area contributed by atoms with Crippen LogP contribution in [-0.2, 0) is 0 Å². The van der Waals surface area contributed by atoms with Gasteiger partial charge < -0.3 is 10.0 Å². The quantitative estimate of drug-likeness (QED) is 0.887. The summed E-state index contributed by atoms with van der Waals surface area (Å²) in [6.07, 6.45) is 4.61. The Morgan fingerprint density at radius 3 is 2.89 bits per heavy atom. The molecule has 1 aliphatic heterocycles. The second kappa shape index (κ2) is 6.09. The number of carbonyl (C=O) groups excluding carboxylic acids is 1. The Bertz CT molecular complexity index is 456. The molecule has 0 aromatic heterocycles. The summed E-state index contributed by atoms with van der Waals surface area (Å²) >= 11 is 0. The SMILES string of the molecule is CCC1CCCN(C(=O)c2cccc(O)c2C)CC1. The number of amides is 1. The Hall–Kier alpha value is -1.51. The summed E-state index contributed by atoms with van der Waals surface area (Å²) in [5.41, 5.74) is 1.32. The van der Waals surface area contributed by atoms with Crippen LogP contribution in [0.4, 0.5) is 0 Å². The zero-order valence-electron chi connectivity index (χ0n) is 11.9. The molecular formula is C16H23NO2. The van der Waals surface area contributed by atoms with Crippen LogP contribution in [0.25, 0.3) is 0 Å². The van der Waals surface area contributed by atoms with E-state index in [9.17, 15) is 9.90 Å². The molecule has 1 heterocycles. The lowest BCUT2D eigenvalue weighted by molar-refractivity contribution is 0.0758. The van der Waals surface area contributed by atoms with Gasteiger partial charge in [-0.05, 0) is 44.2 Å². The van der Waals surface area contributed by atoms with E-state index in [-0.39, 0.29) is 11.7 Å². The number of likely N-dealkylation sites (tertiary alicyclic amines) is 1. The summed E-state index contributed by atoms with van der Waals surface area (Å²) in [4.78, 5) is 14.5. The Labute approximate surface area is 115 Å². The van der Waals surface area contributed by atoms with Gasteiger partial charge in [0.05, 0.1) is 0 Å². The van der Waals surface area contributed by atoms with Gasteiger partial charge in [-0.2, -0.15) is 0 Å².